The second-order valence-corrected chi connectivity index (χ2v) is 8.96. The molecule has 7 heteroatoms. The highest BCUT2D eigenvalue weighted by Crippen LogP contribution is 2.33. The number of nitrogens with one attached hydrogen (secondary N) is 2. The van der Waals surface area contributed by atoms with E-state index in [2.05, 4.69) is 75.4 Å². The van der Waals surface area contributed by atoms with Crippen molar-refractivity contribution in [2.75, 3.05) is 18.0 Å². The summed E-state index contributed by atoms with van der Waals surface area (Å²) in [7, 11) is 0. The standard InChI is InChI=1S/C27H29N5O2/c1-18(2)19-3-5-20(6-4-19)32(22-11-14-28-15-12-22)21-7-9-23(10-8-21)34-27-30-25-17-29-16-13-24(25)26(33)31-27/h3-10,13,16-18,22,28H,11-12,14-15H2,1-2H3,(H,30,31,33). The summed E-state index contributed by atoms with van der Waals surface area (Å²) in [4.78, 5) is 25.9. The van der Waals surface area contributed by atoms with Crippen LogP contribution in [0.2, 0.25) is 0 Å². The first kappa shape index (κ1) is 22.1. The Hall–Kier alpha value is -3.71. The fourth-order valence-corrected chi connectivity index (χ4v) is 4.46. The maximum atomic E-state index is 12.3. The highest BCUT2D eigenvalue weighted by molar-refractivity contribution is 5.76. The molecule has 0 unspecified atom stereocenters. The summed E-state index contributed by atoms with van der Waals surface area (Å²) in [6.07, 6.45) is 5.30. The topological polar surface area (TPSA) is 83.1 Å². The average molecular weight is 456 g/mol. The van der Waals surface area contributed by atoms with Crippen LogP contribution in [0.1, 0.15) is 38.2 Å². The van der Waals surface area contributed by atoms with E-state index in [4.69, 9.17) is 4.74 Å². The predicted octanol–water partition coefficient (Wildman–Crippen LogP) is 5.12. The monoisotopic (exact) mass is 455 g/mol. The summed E-state index contributed by atoms with van der Waals surface area (Å²) in [5, 5.41) is 3.95. The second kappa shape index (κ2) is 9.65. The number of fused-ring (bicyclic) bond motifs is 1. The van der Waals surface area contributed by atoms with Crippen LogP contribution >= 0.6 is 0 Å². The van der Waals surface area contributed by atoms with Crippen molar-refractivity contribution >= 4 is 22.3 Å². The number of nitrogens with zero attached hydrogens (tertiary/aromatic N) is 3. The number of H-pyrrole nitrogens is 1. The molecule has 1 aliphatic heterocycles. The minimum absolute atomic E-state index is 0.151. The molecule has 7 nitrogen and oxygen atoms in total. The number of aromatic amines is 1. The Kier molecular flexibility index (Phi) is 6.27. The lowest BCUT2D eigenvalue weighted by Crippen LogP contribution is -2.40. The zero-order chi connectivity index (χ0) is 23.5. The van der Waals surface area contributed by atoms with E-state index in [1.54, 1.807) is 18.5 Å². The number of hydrogen-bond donors (Lipinski definition) is 2. The molecule has 1 fully saturated rings. The SMILES string of the molecule is CC(C)c1ccc(N(c2ccc(Oc3nc4cnccc4c(=O)[nH]3)cc2)C2CCNCC2)cc1. The van der Waals surface area contributed by atoms with Crippen LogP contribution in [0.5, 0.6) is 11.8 Å². The lowest BCUT2D eigenvalue weighted by molar-refractivity contribution is 0.441. The zero-order valence-corrected chi connectivity index (χ0v) is 19.5. The average Bonchev–Trinajstić information content (AvgIpc) is 2.86. The zero-order valence-electron chi connectivity index (χ0n) is 19.5. The Morgan fingerprint density at radius 1 is 0.971 bits per heavy atom. The summed E-state index contributed by atoms with van der Waals surface area (Å²) in [6, 6.07) is 19.1. The van der Waals surface area contributed by atoms with Gasteiger partial charge >= 0.3 is 6.01 Å². The van der Waals surface area contributed by atoms with Crippen LogP contribution in [-0.4, -0.2) is 34.1 Å². The van der Waals surface area contributed by atoms with Crippen LogP contribution < -0.4 is 20.5 Å². The summed E-state index contributed by atoms with van der Waals surface area (Å²) in [6.45, 7) is 6.46. The molecular formula is C27H29N5O2. The Morgan fingerprint density at radius 2 is 1.65 bits per heavy atom. The van der Waals surface area contributed by atoms with Crippen LogP contribution in [-0.2, 0) is 0 Å². The minimum atomic E-state index is -0.249. The van der Waals surface area contributed by atoms with E-state index >= 15 is 0 Å². The minimum Gasteiger partial charge on any atom is -0.426 e. The van der Waals surface area contributed by atoms with E-state index in [1.807, 2.05) is 12.1 Å². The molecule has 0 atom stereocenters. The van der Waals surface area contributed by atoms with Gasteiger partial charge < -0.3 is 15.0 Å². The van der Waals surface area contributed by atoms with Crippen molar-refractivity contribution in [3.63, 3.8) is 0 Å². The van der Waals surface area contributed by atoms with Crippen molar-refractivity contribution in [3.8, 4) is 11.8 Å². The van der Waals surface area contributed by atoms with Gasteiger partial charge in [-0.15, -0.1) is 0 Å². The van der Waals surface area contributed by atoms with Gasteiger partial charge in [-0.3, -0.25) is 14.8 Å². The van der Waals surface area contributed by atoms with Crippen LogP contribution in [0.4, 0.5) is 11.4 Å². The molecule has 1 saturated heterocycles. The van der Waals surface area contributed by atoms with E-state index < -0.39 is 0 Å². The first-order valence-electron chi connectivity index (χ1n) is 11.8. The largest absolute Gasteiger partial charge is 0.426 e. The summed E-state index contributed by atoms with van der Waals surface area (Å²) >= 11 is 0. The summed E-state index contributed by atoms with van der Waals surface area (Å²) < 4.78 is 5.87. The maximum Gasteiger partial charge on any atom is 0.302 e. The molecule has 34 heavy (non-hydrogen) atoms. The van der Waals surface area contributed by atoms with Crippen molar-refractivity contribution in [3.05, 3.63) is 82.9 Å². The third-order valence-electron chi connectivity index (χ3n) is 6.33. The van der Waals surface area contributed by atoms with Gasteiger partial charge in [0, 0.05) is 23.6 Å². The Bertz CT molecular complexity index is 1310. The number of pyridine rings is 1. The molecule has 0 bridgehead atoms. The van der Waals surface area contributed by atoms with Gasteiger partial charge in [0.1, 0.15) is 5.75 Å². The van der Waals surface area contributed by atoms with E-state index in [0.717, 1.165) is 31.6 Å². The molecule has 2 aromatic heterocycles. The molecule has 0 spiro atoms. The van der Waals surface area contributed by atoms with Gasteiger partial charge in [-0.05, 0) is 79.9 Å². The van der Waals surface area contributed by atoms with Crippen LogP contribution in [0.15, 0.2) is 71.8 Å². The van der Waals surface area contributed by atoms with Gasteiger partial charge in [-0.1, -0.05) is 26.0 Å². The number of piperidine rings is 1. The molecule has 5 rings (SSSR count). The van der Waals surface area contributed by atoms with Gasteiger partial charge in [0.2, 0.25) is 0 Å². The predicted molar refractivity (Wildman–Crippen MR) is 135 cm³/mol. The number of rotatable bonds is 6. The van der Waals surface area contributed by atoms with E-state index in [1.165, 1.54) is 11.3 Å². The van der Waals surface area contributed by atoms with Crippen LogP contribution in [0.3, 0.4) is 0 Å². The molecular weight excluding hydrogens is 426 g/mol. The van der Waals surface area contributed by atoms with Gasteiger partial charge in [0.05, 0.1) is 17.1 Å². The molecule has 1 aliphatic rings. The van der Waals surface area contributed by atoms with Gasteiger partial charge in [0.15, 0.2) is 0 Å². The number of ether oxygens (including phenoxy) is 1. The fraction of sp³-hybridized carbons (Fsp3) is 0.296. The molecule has 0 saturated carbocycles. The van der Waals surface area contributed by atoms with Gasteiger partial charge in [0.25, 0.3) is 5.56 Å². The first-order valence-corrected chi connectivity index (χ1v) is 11.8. The second-order valence-electron chi connectivity index (χ2n) is 8.96. The lowest BCUT2D eigenvalue weighted by atomic mass is 10.00. The summed E-state index contributed by atoms with van der Waals surface area (Å²) in [5.74, 6) is 1.11. The quantitative estimate of drug-likeness (QED) is 0.420. The van der Waals surface area contributed by atoms with Crippen molar-refractivity contribution in [2.24, 2.45) is 0 Å². The number of aromatic nitrogens is 3. The molecule has 2 aromatic carbocycles. The van der Waals surface area contributed by atoms with E-state index in [0.29, 0.717) is 28.6 Å². The molecule has 0 amide bonds. The Balaban J connectivity index is 1.42. The van der Waals surface area contributed by atoms with Crippen LogP contribution in [0.25, 0.3) is 10.9 Å². The van der Waals surface area contributed by atoms with Gasteiger partial charge in [-0.2, -0.15) is 4.98 Å². The highest BCUT2D eigenvalue weighted by atomic mass is 16.5. The number of hydrogen-bond acceptors (Lipinski definition) is 6. The number of benzene rings is 2. The maximum absolute atomic E-state index is 12.3. The Morgan fingerprint density at radius 3 is 2.32 bits per heavy atom. The third-order valence-corrected chi connectivity index (χ3v) is 6.33. The van der Waals surface area contributed by atoms with E-state index in [9.17, 15) is 4.79 Å². The van der Waals surface area contributed by atoms with Crippen molar-refractivity contribution in [1.82, 2.24) is 20.3 Å². The van der Waals surface area contributed by atoms with Crippen molar-refractivity contribution in [1.29, 1.82) is 0 Å². The lowest BCUT2D eigenvalue weighted by Gasteiger charge is -2.36. The highest BCUT2D eigenvalue weighted by Gasteiger charge is 2.23. The van der Waals surface area contributed by atoms with Crippen molar-refractivity contribution < 1.29 is 4.74 Å². The fourth-order valence-electron chi connectivity index (χ4n) is 4.46. The van der Waals surface area contributed by atoms with Crippen LogP contribution in [0, 0.1) is 0 Å². The van der Waals surface area contributed by atoms with Crippen molar-refractivity contribution in [2.45, 2.75) is 38.6 Å². The molecule has 0 radical (unpaired) electrons. The molecule has 4 aromatic rings. The first-order chi connectivity index (χ1) is 16.6. The molecule has 174 valence electrons. The Labute approximate surface area is 198 Å². The molecule has 3 heterocycles. The third kappa shape index (κ3) is 4.65. The summed E-state index contributed by atoms with van der Waals surface area (Å²) in [5.41, 5.74) is 3.89. The molecule has 0 aliphatic carbocycles. The number of anilines is 2. The van der Waals surface area contributed by atoms with E-state index in [-0.39, 0.29) is 11.6 Å². The smallest absolute Gasteiger partial charge is 0.302 e. The molecule has 2 N–H and O–H groups in total. The van der Waals surface area contributed by atoms with Gasteiger partial charge in [-0.25, -0.2) is 0 Å². The normalized spacial score (nSPS) is 14.4.